The highest BCUT2D eigenvalue weighted by Crippen LogP contribution is 2.31. The van der Waals surface area contributed by atoms with Gasteiger partial charge in [-0.15, -0.1) is 0 Å². The van der Waals surface area contributed by atoms with Gasteiger partial charge in [0.15, 0.2) is 10.9 Å². The molecule has 1 saturated carbocycles. The van der Waals surface area contributed by atoms with Gasteiger partial charge >= 0.3 is 0 Å². The molecule has 8 heteroatoms. The number of para-hydroxylation sites is 2. The van der Waals surface area contributed by atoms with E-state index in [9.17, 15) is 9.59 Å². The second-order valence-corrected chi connectivity index (χ2v) is 8.18. The molecule has 1 amide bonds. The second kappa shape index (κ2) is 8.10. The fourth-order valence-corrected chi connectivity index (χ4v) is 4.55. The van der Waals surface area contributed by atoms with E-state index in [-0.39, 0.29) is 17.3 Å². The maximum Gasteiger partial charge on any atom is 0.282 e. The number of thioether (sulfide) groups is 1. The number of fused-ring (bicyclic) bond motifs is 1. The molecule has 0 spiro atoms. The van der Waals surface area contributed by atoms with Crippen LogP contribution in [0.5, 0.6) is 0 Å². The highest BCUT2D eigenvalue weighted by atomic mass is 32.2. The highest BCUT2D eigenvalue weighted by molar-refractivity contribution is 7.99. The Morgan fingerprint density at radius 1 is 1.11 bits per heavy atom. The quantitative estimate of drug-likeness (QED) is 0.683. The van der Waals surface area contributed by atoms with E-state index in [2.05, 4.69) is 20.3 Å². The third kappa shape index (κ3) is 3.91. The van der Waals surface area contributed by atoms with Gasteiger partial charge in [0.1, 0.15) is 0 Å². The maximum atomic E-state index is 12.7. The van der Waals surface area contributed by atoms with E-state index in [0.29, 0.717) is 16.3 Å². The Morgan fingerprint density at radius 3 is 2.57 bits per heavy atom. The molecule has 1 fully saturated rings. The van der Waals surface area contributed by atoms with Gasteiger partial charge < -0.3 is 9.88 Å². The minimum absolute atomic E-state index is 0.0459. The maximum absolute atomic E-state index is 12.7. The monoisotopic (exact) mass is 395 g/mol. The SMILES string of the molecule is Cn1c(=O)c(C(=O)NC2CCC(Sc3ncccn3)CC2)nc2ccccc21. The number of carbonyl (C=O) groups excluding carboxylic acids is 1. The van der Waals surface area contributed by atoms with Crippen LogP contribution in [0, 0.1) is 0 Å². The number of hydrogen-bond donors (Lipinski definition) is 1. The molecule has 2 heterocycles. The predicted octanol–water partition coefficient (Wildman–Crippen LogP) is 2.56. The molecule has 0 bridgehead atoms. The average molecular weight is 395 g/mol. The number of carbonyl (C=O) groups is 1. The summed E-state index contributed by atoms with van der Waals surface area (Å²) in [7, 11) is 1.66. The van der Waals surface area contributed by atoms with Crippen LogP contribution >= 0.6 is 11.8 Å². The molecule has 0 saturated heterocycles. The van der Waals surface area contributed by atoms with Crippen LogP contribution in [0.15, 0.2) is 52.7 Å². The molecular weight excluding hydrogens is 374 g/mol. The first-order chi connectivity index (χ1) is 13.6. The summed E-state index contributed by atoms with van der Waals surface area (Å²) in [5.41, 5.74) is 0.930. The van der Waals surface area contributed by atoms with Gasteiger partial charge in [-0.3, -0.25) is 9.59 Å². The van der Waals surface area contributed by atoms with Crippen LogP contribution in [-0.2, 0) is 7.05 Å². The Balaban J connectivity index is 1.40. The number of nitrogens with zero attached hydrogens (tertiary/aromatic N) is 4. The number of aromatic nitrogens is 4. The van der Waals surface area contributed by atoms with E-state index in [1.807, 2.05) is 24.3 Å². The van der Waals surface area contributed by atoms with Crippen molar-refractivity contribution in [3.8, 4) is 0 Å². The molecule has 0 radical (unpaired) electrons. The third-order valence-electron chi connectivity index (χ3n) is 5.02. The number of rotatable bonds is 4. The van der Waals surface area contributed by atoms with Crippen LogP contribution in [0.25, 0.3) is 11.0 Å². The first kappa shape index (κ1) is 18.6. The van der Waals surface area contributed by atoms with Gasteiger partial charge in [-0.05, 0) is 43.9 Å². The van der Waals surface area contributed by atoms with Crippen molar-refractivity contribution >= 4 is 28.7 Å². The minimum Gasteiger partial charge on any atom is -0.348 e. The second-order valence-electron chi connectivity index (χ2n) is 6.91. The first-order valence-electron chi connectivity index (χ1n) is 9.32. The molecule has 1 aliphatic carbocycles. The summed E-state index contributed by atoms with van der Waals surface area (Å²) in [6.07, 6.45) is 7.17. The highest BCUT2D eigenvalue weighted by Gasteiger charge is 2.25. The van der Waals surface area contributed by atoms with Crippen molar-refractivity contribution in [2.24, 2.45) is 7.05 Å². The van der Waals surface area contributed by atoms with E-state index in [1.54, 1.807) is 37.3 Å². The first-order valence-corrected chi connectivity index (χ1v) is 10.2. The standard InChI is InChI=1S/C20H21N5O2S/c1-25-16-6-3-2-5-15(16)24-17(19(25)27)18(26)23-13-7-9-14(10-8-13)28-20-21-11-4-12-22-20/h2-6,11-14H,7-10H2,1H3,(H,23,26). The Hall–Kier alpha value is -2.74. The zero-order chi connectivity index (χ0) is 19.5. The molecule has 0 atom stereocenters. The molecule has 2 aromatic heterocycles. The molecule has 0 aliphatic heterocycles. The summed E-state index contributed by atoms with van der Waals surface area (Å²) in [6.45, 7) is 0. The van der Waals surface area contributed by atoms with Crippen LogP contribution < -0.4 is 10.9 Å². The molecule has 28 heavy (non-hydrogen) atoms. The summed E-state index contributed by atoms with van der Waals surface area (Å²) in [4.78, 5) is 38.1. The van der Waals surface area contributed by atoms with Crippen LogP contribution in [0.4, 0.5) is 0 Å². The van der Waals surface area contributed by atoms with Gasteiger partial charge in [0.25, 0.3) is 11.5 Å². The fraction of sp³-hybridized carbons (Fsp3) is 0.350. The number of amides is 1. The van der Waals surface area contributed by atoms with Crippen molar-refractivity contribution in [2.45, 2.75) is 42.1 Å². The van der Waals surface area contributed by atoms with Crippen molar-refractivity contribution in [2.75, 3.05) is 0 Å². The Kier molecular flexibility index (Phi) is 5.38. The summed E-state index contributed by atoms with van der Waals surface area (Å²) >= 11 is 1.69. The summed E-state index contributed by atoms with van der Waals surface area (Å²) in [6, 6.07) is 9.18. The van der Waals surface area contributed by atoms with E-state index < -0.39 is 5.91 Å². The smallest absolute Gasteiger partial charge is 0.282 e. The lowest BCUT2D eigenvalue weighted by Crippen LogP contribution is -2.41. The van der Waals surface area contributed by atoms with Gasteiger partial charge in [-0.25, -0.2) is 15.0 Å². The Labute approximate surface area is 166 Å². The normalized spacial score (nSPS) is 19.5. The minimum atomic E-state index is -0.395. The summed E-state index contributed by atoms with van der Waals surface area (Å²) in [5, 5.41) is 4.23. The van der Waals surface area contributed by atoms with E-state index in [1.165, 1.54) is 4.57 Å². The van der Waals surface area contributed by atoms with E-state index in [0.717, 1.165) is 30.8 Å². The molecule has 4 rings (SSSR count). The van der Waals surface area contributed by atoms with Gasteiger partial charge in [0.05, 0.1) is 11.0 Å². The largest absolute Gasteiger partial charge is 0.348 e. The lowest BCUT2D eigenvalue weighted by atomic mass is 9.95. The number of benzene rings is 1. The van der Waals surface area contributed by atoms with Crippen molar-refractivity contribution in [1.82, 2.24) is 24.8 Å². The van der Waals surface area contributed by atoms with Crippen LogP contribution in [-0.4, -0.2) is 36.7 Å². The van der Waals surface area contributed by atoms with Crippen molar-refractivity contribution in [3.05, 3.63) is 58.8 Å². The van der Waals surface area contributed by atoms with Crippen molar-refractivity contribution in [1.29, 1.82) is 0 Å². The van der Waals surface area contributed by atoms with Crippen LogP contribution in [0.1, 0.15) is 36.2 Å². The van der Waals surface area contributed by atoms with Crippen molar-refractivity contribution in [3.63, 3.8) is 0 Å². The molecule has 1 aliphatic rings. The molecule has 1 N–H and O–H groups in total. The zero-order valence-corrected chi connectivity index (χ0v) is 16.4. The molecule has 1 aromatic carbocycles. The zero-order valence-electron chi connectivity index (χ0n) is 15.5. The lowest BCUT2D eigenvalue weighted by Gasteiger charge is -2.28. The van der Waals surface area contributed by atoms with Gasteiger partial charge in [-0.1, -0.05) is 23.9 Å². The molecule has 7 nitrogen and oxygen atoms in total. The lowest BCUT2D eigenvalue weighted by molar-refractivity contribution is 0.0921. The number of hydrogen-bond acceptors (Lipinski definition) is 6. The fourth-order valence-electron chi connectivity index (χ4n) is 3.50. The number of nitrogens with one attached hydrogen (secondary N) is 1. The average Bonchev–Trinajstić information content (AvgIpc) is 2.73. The summed E-state index contributed by atoms with van der Waals surface area (Å²) in [5.74, 6) is -0.395. The predicted molar refractivity (Wildman–Crippen MR) is 108 cm³/mol. The van der Waals surface area contributed by atoms with E-state index in [4.69, 9.17) is 0 Å². The Bertz CT molecular complexity index is 1050. The van der Waals surface area contributed by atoms with Crippen molar-refractivity contribution < 1.29 is 4.79 Å². The van der Waals surface area contributed by atoms with Gasteiger partial charge in [0, 0.05) is 30.7 Å². The van der Waals surface area contributed by atoms with E-state index >= 15 is 0 Å². The summed E-state index contributed by atoms with van der Waals surface area (Å²) < 4.78 is 1.48. The molecule has 3 aromatic rings. The van der Waals surface area contributed by atoms with Crippen LogP contribution in [0.3, 0.4) is 0 Å². The molecular formula is C20H21N5O2S. The molecule has 0 unspecified atom stereocenters. The topological polar surface area (TPSA) is 89.8 Å². The van der Waals surface area contributed by atoms with Gasteiger partial charge in [-0.2, -0.15) is 0 Å². The van der Waals surface area contributed by atoms with Crippen LogP contribution in [0.2, 0.25) is 0 Å². The third-order valence-corrected chi connectivity index (χ3v) is 6.25. The molecule has 144 valence electrons. The number of aryl methyl sites for hydroxylation is 1. The Morgan fingerprint density at radius 2 is 1.82 bits per heavy atom. The van der Waals surface area contributed by atoms with Gasteiger partial charge in [0.2, 0.25) is 0 Å².